The lowest BCUT2D eigenvalue weighted by molar-refractivity contribution is -0.120. The second-order valence-corrected chi connectivity index (χ2v) is 9.89. The molecule has 28 heavy (non-hydrogen) atoms. The van der Waals surface area contributed by atoms with E-state index in [-0.39, 0.29) is 30.1 Å². The number of amides is 2. The summed E-state index contributed by atoms with van der Waals surface area (Å²) >= 11 is 0. The molecule has 2 rings (SSSR count). The number of carbonyl (C=O) groups excluding carboxylic acids is 3. The zero-order valence-electron chi connectivity index (χ0n) is 18.2. The third kappa shape index (κ3) is 6.67. The van der Waals surface area contributed by atoms with Gasteiger partial charge in [0.05, 0.1) is 0 Å². The first-order valence-electron chi connectivity index (χ1n) is 10.4. The lowest BCUT2D eigenvalue weighted by Crippen LogP contribution is -2.42. The summed E-state index contributed by atoms with van der Waals surface area (Å²) in [5, 5.41) is 0. The smallest absolute Gasteiger partial charge is 0.410 e. The number of nitrogens with zero attached hydrogens (tertiary/aromatic N) is 2. The molecule has 2 amide bonds. The van der Waals surface area contributed by atoms with Crippen molar-refractivity contribution in [3.05, 3.63) is 0 Å². The van der Waals surface area contributed by atoms with Crippen LogP contribution in [0.2, 0.25) is 0 Å². The van der Waals surface area contributed by atoms with Gasteiger partial charge >= 0.3 is 12.2 Å². The molecule has 2 aliphatic heterocycles. The van der Waals surface area contributed by atoms with E-state index in [9.17, 15) is 14.4 Å². The Morgan fingerprint density at radius 3 is 1.43 bits per heavy atom. The fourth-order valence-corrected chi connectivity index (χ4v) is 3.83. The third-order valence-corrected chi connectivity index (χ3v) is 4.94. The molecule has 0 spiro atoms. The Morgan fingerprint density at radius 2 is 1.11 bits per heavy atom. The van der Waals surface area contributed by atoms with Crippen LogP contribution in [0.25, 0.3) is 0 Å². The van der Waals surface area contributed by atoms with Crippen molar-refractivity contribution in [3.63, 3.8) is 0 Å². The molecule has 2 heterocycles. The van der Waals surface area contributed by atoms with Gasteiger partial charge in [-0.15, -0.1) is 0 Å². The highest BCUT2D eigenvalue weighted by molar-refractivity contribution is 5.81. The molecule has 0 aromatic carbocycles. The van der Waals surface area contributed by atoms with Gasteiger partial charge in [-0.1, -0.05) is 0 Å². The Balaban J connectivity index is 1.90. The Kier molecular flexibility index (Phi) is 6.99. The molecule has 0 bridgehead atoms. The minimum atomic E-state index is -0.550. The molecule has 0 N–H and O–H groups in total. The lowest BCUT2D eigenvalue weighted by Gasteiger charge is -2.30. The van der Waals surface area contributed by atoms with E-state index in [0.717, 1.165) is 25.7 Å². The third-order valence-electron chi connectivity index (χ3n) is 4.94. The number of hydrogen-bond donors (Lipinski definition) is 0. The first-order valence-corrected chi connectivity index (χ1v) is 10.4. The van der Waals surface area contributed by atoms with Crippen LogP contribution in [0.4, 0.5) is 9.59 Å². The molecule has 0 aromatic rings. The molecular formula is C21H36N2O5. The summed E-state index contributed by atoms with van der Waals surface area (Å²) in [7, 11) is 0. The molecule has 2 saturated heterocycles. The largest absolute Gasteiger partial charge is 0.444 e. The predicted molar refractivity (Wildman–Crippen MR) is 106 cm³/mol. The fraction of sp³-hybridized carbons (Fsp3) is 0.857. The minimum Gasteiger partial charge on any atom is -0.444 e. The highest BCUT2D eigenvalue weighted by Gasteiger charge is 2.36. The summed E-state index contributed by atoms with van der Waals surface area (Å²) in [5.74, 6) is 0.0842. The maximum absolute atomic E-state index is 12.7. The Morgan fingerprint density at radius 1 is 0.750 bits per heavy atom. The van der Waals surface area contributed by atoms with Gasteiger partial charge in [0.2, 0.25) is 0 Å². The molecule has 0 saturated carbocycles. The normalized spacial score (nSPS) is 23.1. The van der Waals surface area contributed by atoms with Crippen molar-refractivity contribution < 1.29 is 23.9 Å². The first-order chi connectivity index (χ1) is 12.9. The monoisotopic (exact) mass is 396 g/mol. The SMILES string of the molecule is CC(C)(C)OC(=O)N1CCCC1CC(=O)CC1CCCN1C(=O)OC(C)(C)C. The van der Waals surface area contributed by atoms with Gasteiger partial charge in [-0.25, -0.2) is 9.59 Å². The summed E-state index contributed by atoms with van der Waals surface area (Å²) < 4.78 is 10.9. The van der Waals surface area contributed by atoms with Crippen LogP contribution in [0.3, 0.4) is 0 Å². The molecular weight excluding hydrogens is 360 g/mol. The predicted octanol–water partition coefficient (Wildman–Crippen LogP) is 4.13. The number of rotatable bonds is 4. The van der Waals surface area contributed by atoms with Gasteiger partial charge in [0.25, 0.3) is 0 Å². The van der Waals surface area contributed by atoms with E-state index < -0.39 is 11.2 Å². The van der Waals surface area contributed by atoms with Crippen molar-refractivity contribution >= 4 is 18.0 Å². The topological polar surface area (TPSA) is 76.2 Å². The van der Waals surface area contributed by atoms with Crippen LogP contribution in [0, 0.1) is 0 Å². The molecule has 0 aliphatic carbocycles. The number of ketones is 1. The van der Waals surface area contributed by atoms with Gasteiger partial charge in [-0.2, -0.15) is 0 Å². The summed E-state index contributed by atoms with van der Waals surface area (Å²) in [5.41, 5.74) is -1.10. The maximum Gasteiger partial charge on any atom is 0.410 e. The van der Waals surface area contributed by atoms with Crippen molar-refractivity contribution in [1.29, 1.82) is 0 Å². The summed E-state index contributed by atoms with van der Waals surface area (Å²) in [4.78, 5) is 40.9. The summed E-state index contributed by atoms with van der Waals surface area (Å²) in [6, 6.07) is -0.225. The standard InChI is InChI=1S/C21H36N2O5/c1-20(2,3)27-18(25)22-11-7-9-15(22)13-17(24)14-16-10-8-12-23(16)19(26)28-21(4,5)6/h15-16H,7-14H2,1-6H3. The number of Topliss-reactive ketones (excluding diaryl/α,β-unsaturated/α-hetero) is 1. The van der Waals surface area contributed by atoms with E-state index in [1.807, 2.05) is 41.5 Å². The van der Waals surface area contributed by atoms with Crippen molar-refractivity contribution in [2.45, 2.75) is 103 Å². The van der Waals surface area contributed by atoms with Crippen molar-refractivity contribution in [2.75, 3.05) is 13.1 Å². The van der Waals surface area contributed by atoms with E-state index >= 15 is 0 Å². The van der Waals surface area contributed by atoms with Crippen molar-refractivity contribution in [3.8, 4) is 0 Å². The van der Waals surface area contributed by atoms with Gasteiger partial charge in [0.1, 0.15) is 17.0 Å². The molecule has 2 unspecified atom stereocenters. The number of hydrogen-bond acceptors (Lipinski definition) is 5. The molecule has 160 valence electrons. The van der Waals surface area contributed by atoms with E-state index in [2.05, 4.69) is 0 Å². The minimum absolute atomic E-state index is 0.0842. The van der Waals surface area contributed by atoms with Crippen LogP contribution in [-0.4, -0.2) is 64.1 Å². The van der Waals surface area contributed by atoms with Gasteiger partial charge < -0.3 is 19.3 Å². The van der Waals surface area contributed by atoms with Crippen LogP contribution >= 0.6 is 0 Å². The summed E-state index contributed by atoms with van der Waals surface area (Å²) in [6.07, 6.45) is 3.32. The van der Waals surface area contributed by atoms with Gasteiger partial charge in [0.15, 0.2) is 0 Å². The molecule has 2 aliphatic rings. The average molecular weight is 397 g/mol. The molecule has 7 heteroatoms. The van der Waals surface area contributed by atoms with E-state index in [4.69, 9.17) is 9.47 Å². The highest BCUT2D eigenvalue weighted by Crippen LogP contribution is 2.27. The maximum atomic E-state index is 12.7. The van der Waals surface area contributed by atoms with Crippen LogP contribution in [-0.2, 0) is 14.3 Å². The Bertz CT molecular complexity index is 541. The lowest BCUT2D eigenvalue weighted by atomic mass is 10.0. The molecule has 2 fully saturated rings. The van der Waals surface area contributed by atoms with Crippen molar-refractivity contribution in [2.24, 2.45) is 0 Å². The average Bonchev–Trinajstić information content (AvgIpc) is 3.12. The van der Waals surface area contributed by atoms with E-state index in [1.165, 1.54) is 0 Å². The Labute approximate surface area is 168 Å². The zero-order chi connectivity index (χ0) is 21.1. The second-order valence-electron chi connectivity index (χ2n) is 9.89. The van der Waals surface area contributed by atoms with Crippen LogP contribution < -0.4 is 0 Å². The number of likely N-dealkylation sites (tertiary alicyclic amines) is 2. The quantitative estimate of drug-likeness (QED) is 0.714. The Hall–Kier alpha value is -1.79. The van der Waals surface area contributed by atoms with Gasteiger partial charge in [-0.05, 0) is 67.2 Å². The van der Waals surface area contributed by atoms with Gasteiger partial charge in [0, 0.05) is 38.0 Å². The van der Waals surface area contributed by atoms with Crippen LogP contribution in [0.1, 0.15) is 80.1 Å². The van der Waals surface area contributed by atoms with Crippen LogP contribution in [0.5, 0.6) is 0 Å². The van der Waals surface area contributed by atoms with E-state index in [0.29, 0.717) is 25.9 Å². The number of carbonyl (C=O) groups is 3. The number of ether oxygens (including phenoxy) is 2. The van der Waals surface area contributed by atoms with Gasteiger partial charge in [-0.3, -0.25) is 4.79 Å². The fourth-order valence-electron chi connectivity index (χ4n) is 3.83. The van der Waals surface area contributed by atoms with E-state index in [1.54, 1.807) is 9.80 Å². The van der Waals surface area contributed by atoms with Crippen molar-refractivity contribution in [1.82, 2.24) is 9.80 Å². The first kappa shape index (κ1) is 22.5. The second kappa shape index (κ2) is 8.70. The summed E-state index contributed by atoms with van der Waals surface area (Å²) in [6.45, 7) is 12.3. The molecule has 7 nitrogen and oxygen atoms in total. The highest BCUT2D eigenvalue weighted by atomic mass is 16.6. The molecule has 2 atom stereocenters. The van der Waals surface area contributed by atoms with Crippen LogP contribution in [0.15, 0.2) is 0 Å². The molecule has 0 radical (unpaired) electrons. The molecule has 0 aromatic heterocycles. The zero-order valence-corrected chi connectivity index (χ0v) is 18.2.